The molecule has 1 fully saturated rings. The molecule has 3 nitrogen and oxygen atoms in total. The molecule has 1 aliphatic rings. The van der Waals surface area contributed by atoms with Gasteiger partial charge in [-0.2, -0.15) is 0 Å². The molecule has 3 rings (SSSR count). The van der Waals surface area contributed by atoms with Gasteiger partial charge < -0.3 is 10.2 Å². The largest absolute Gasteiger partial charge is 0.506 e. The fourth-order valence-electron chi connectivity index (χ4n) is 3.63. The van der Waals surface area contributed by atoms with Crippen LogP contribution in [0.4, 0.5) is 0 Å². The van der Waals surface area contributed by atoms with Crippen LogP contribution in [-0.4, -0.2) is 21.2 Å². The summed E-state index contributed by atoms with van der Waals surface area (Å²) in [4.78, 5) is 2.38. The second-order valence-corrected chi connectivity index (χ2v) is 9.46. The third-order valence-corrected chi connectivity index (χ3v) is 6.72. The Bertz CT molecular complexity index is 799. The van der Waals surface area contributed by atoms with Crippen molar-refractivity contribution < 1.29 is 17.3 Å². The lowest BCUT2D eigenvalue weighted by Crippen LogP contribution is -2.36. The number of phenols is 2. The van der Waals surface area contributed by atoms with Crippen molar-refractivity contribution in [2.24, 2.45) is 0 Å². The van der Waals surface area contributed by atoms with Crippen molar-refractivity contribution in [3.05, 3.63) is 54.9 Å². The molecule has 158 valence electrons. The maximum Gasteiger partial charge on any atom is 0.134 e. The molecule has 7 heteroatoms. The van der Waals surface area contributed by atoms with E-state index in [1.165, 1.54) is 19.3 Å². The highest BCUT2D eigenvalue weighted by molar-refractivity contribution is 9.11. The number of hydrogen-bond acceptors (Lipinski definition) is 3. The first-order valence-corrected chi connectivity index (χ1v) is 11.2. The number of para-hydroxylation sites is 1. The van der Waals surface area contributed by atoms with Crippen LogP contribution >= 0.6 is 64.8 Å². The molecule has 27 heavy (non-hydrogen) atoms. The Kier molecular flexibility index (Phi) is 9.13. The van der Waals surface area contributed by atoms with E-state index in [0.29, 0.717) is 33.8 Å². The summed E-state index contributed by atoms with van der Waals surface area (Å²) in [6.45, 7) is 1.29. The van der Waals surface area contributed by atoms with Crippen LogP contribution in [0.1, 0.15) is 50.4 Å². The van der Waals surface area contributed by atoms with Crippen molar-refractivity contribution in [2.75, 3.05) is 0 Å². The first-order chi connectivity index (χ1) is 12.5. The van der Waals surface area contributed by atoms with Gasteiger partial charge in [-0.3, -0.25) is 4.90 Å². The molecular weight excluding hydrogens is 606 g/mol. The highest BCUT2D eigenvalue weighted by Gasteiger charge is 2.24. The van der Waals surface area contributed by atoms with Crippen LogP contribution in [0.15, 0.2) is 43.7 Å². The number of rotatable bonds is 5. The summed E-state index contributed by atoms with van der Waals surface area (Å²) in [6, 6.07) is 10.0. The average molecular weight is 639 g/mol. The van der Waals surface area contributed by atoms with E-state index in [4.69, 9.17) is 0 Å². The van der Waals surface area contributed by atoms with Gasteiger partial charge in [-0.05, 0) is 62.9 Å². The molecule has 1 aliphatic carbocycles. The number of halogens is 4. The van der Waals surface area contributed by atoms with Gasteiger partial charge in [0.2, 0.25) is 0 Å². The summed E-state index contributed by atoms with van der Waals surface area (Å²) in [5, 5.41) is 20.9. The Morgan fingerprint density at radius 2 is 1.52 bits per heavy atom. The van der Waals surface area contributed by atoms with Crippen LogP contribution in [0.25, 0.3) is 0 Å². The Hall–Kier alpha value is -0.0800. The number of nitrogens with zero attached hydrogens (tertiary/aromatic N) is 1. The lowest BCUT2D eigenvalue weighted by molar-refractivity contribution is 0.137. The minimum Gasteiger partial charge on any atom is -0.506 e. The summed E-state index contributed by atoms with van der Waals surface area (Å²) in [5.41, 5.74) is 1.78. The number of hydrogen-bond donors (Lipinski definition) is 2. The van der Waals surface area contributed by atoms with Gasteiger partial charge in [0, 0.05) is 41.9 Å². The van der Waals surface area contributed by atoms with E-state index < -0.39 is 0 Å². The monoisotopic (exact) mass is 635 g/mol. The van der Waals surface area contributed by atoms with Crippen molar-refractivity contribution >= 4 is 64.8 Å². The van der Waals surface area contributed by atoms with Crippen molar-refractivity contribution in [3.8, 4) is 11.5 Å². The molecule has 0 aromatic heterocycles. The minimum atomic E-state index is 0. The van der Waals surface area contributed by atoms with Crippen LogP contribution < -0.4 is 0 Å². The second-order valence-electron chi connectivity index (χ2n) is 6.84. The lowest BCUT2D eigenvalue weighted by atomic mass is 9.93. The summed E-state index contributed by atoms with van der Waals surface area (Å²) >= 11 is 10.3. The van der Waals surface area contributed by atoms with Gasteiger partial charge in [0.15, 0.2) is 0 Å². The molecule has 0 saturated heterocycles. The van der Waals surface area contributed by atoms with Gasteiger partial charge in [-0.1, -0.05) is 47.3 Å². The zero-order valence-electron chi connectivity index (χ0n) is 14.8. The van der Waals surface area contributed by atoms with Gasteiger partial charge in [0.1, 0.15) is 11.5 Å². The van der Waals surface area contributed by atoms with Gasteiger partial charge in [-0.15, -0.1) is 17.0 Å². The number of phenolic OH excluding ortho intramolecular Hbond substituents is 2. The normalized spacial score (nSPS) is 15.0. The Morgan fingerprint density at radius 3 is 2.22 bits per heavy atom. The lowest BCUT2D eigenvalue weighted by Gasteiger charge is -2.35. The standard InChI is InChI=1S/C20H22Br3NO2.BrH.5H2/c21-15-9-14(20(26)18(23)10-15)12-24(16-6-2-1-3-7-16)11-13-5-4-8-17(22)19(13)25;;;;;;/h4-5,8-10,16,25-26H,1-3,6-7,11-12H2;6*1H. The Morgan fingerprint density at radius 1 is 0.889 bits per heavy atom. The molecule has 2 aromatic rings. The Balaban J connectivity index is -0.000000653. The van der Waals surface area contributed by atoms with Gasteiger partial charge in [-0.25, -0.2) is 0 Å². The molecule has 0 unspecified atom stereocenters. The van der Waals surface area contributed by atoms with Crippen LogP contribution in [0, 0.1) is 0 Å². The van der Waals surface area contributed by atoms with E-state index in [1.807, 2.05) is 30.3 Å². The van der Waals surface area contributed by atoms with Crippen molar-refractivity contribution in [2.45, 2.75) is 51.2 Å². The number of benzene rings is 2. The van der Waals surface area contributed by atoms with Crippen LogP contribution in [-0.2, 0) is 13.1 Å². The third-order valence-electron chi connectivity index (χ3n) is 5.02. The quantitative estimate of drug-likeness (QED) is 0.345. The molecule has 2 N–H and O–H groups in total. The van der Waals surface area contributed by atoms with E-state index in [0.717, 1.165) is 28.4 Å². The van der Waals surface area contributed by atoms with Crippen molar-refractivity contribution in [1.82, 2.24) is 4.90 Å². The molecule has 0 heterocycles. The highest BCUT2D eigenvalue weighted by Crippen LogP contribution is 2.36. The fourth-order valence-corrected chi connectivity index (χ4v) is 5.35. The van der Waals surface area contributed by atoms with Crippen molar-refractivity contribution in [1.29, 1.82) is 0 Å². The van der Waals surface area contributed by atoms with E-state index in [1.54, 1.807) is 0 Å². The van der Waals surface area contributed by atoms with Gasteiger partial charge in [0.25, 0.3) is 0 Å². The van der Waals surface area contributed by atoms with E-state index in [-0.39, 0.29) is 29.9 Å². The highest BCUT2D eigenvalue weighted by atomic mass is 79.9. The van der Waals surface area contributed by atoms with E-state index in [9.17, 15) is 10.2 Å². The van der Waals surface area contributed by atoms with Gasteiger partial charge in [0.05, 0.1) is 8.95 Å². The molecule has 0 amide bonds. The van der Waals surface area contributed by atoms with E-state index in [2.05, 4.69) is 52.7 Å². The maximum atomic E-state index is 10.5. The predicted octanol–water partition coefficient (Wildman–Crippen LogP) is 8.53. The first kappa shape index (κ1) is 23.2. The number of aromatic hydroxyl groups is 2. The molecule has 0 bridgehead atoms. The molecule has 0 spiro atoms. The summed E-state index contributed by atoms with van der Waals surface area (Å²) in [7, 11) is 0. The zero-order chi connectivity index (χ0) is 18.7. The molecule has 0 atom stereocenters. The molecular formula is C20H33Br4NO2. The average Bonchev–Trinajstić information content (AvgIpc) is 2.63. The molecule has 0 aliphatic heterocycles. The fraction of sp³-hybridized carbons (Fsp3) is 0.400. The van der Waals surface area contributed by atoms with Gasteiger partial charge >= 0.3 is 0 Å². The van der Waals surface area contributed by atoms with Crippen LogP contribution in [0.2, 0.25) is 0 Å². The summed E-state index contributed by atoms with van der Waals surface area (Å²) in [5.74, 6) is 0.584. The SMILES string of the molecule is Br.Oc1c(Br)cccc1CN(Cc1cc(Br)cc(Br)c1O)C1CCCCC1.[HH].[HH].[HH].[HH].[HH]. The molecule has 0 radical (unpaired) electrons. The smallest absolute Gasteiger partial charge is 0.134 e. The minimum absolute atomic E-state index is 0. The summed E-state index contributed by atoms with van der Waals surface area (Å²) < 4.78 is 2.34. The first-order valence-electron chi connectivity index (χ1n) is 8.83. The topological polar surface area (TPSA) is 43.7 Å². The zero-order valence-corrected chi connectivity index (χ0v) is 21.3. The summed E-state index contributed by atoms with van der Waals surface area (Å²) in [6.07, 6.45) is 6.08. The second kappa shape index (κ2) is 10.6. The predicted molar refractivity (Wildman–Crippen MR) is 136 cm³/mol. The van der Waals surface area contributed by atoms with Crippen LogP contribution in [0.3, 0.4) is 0 Å². The van der Waals surface area contributed by atoms with E-state index >= 15 is 0 Å². The maximum absolute atomic E-state index is 10.5. The van der Waals surface area contributed by atoms with Crippen molar-refractivity contribution in [3.63, 3.8) is 0 Å². The Labute approximate surface area is 203 Å². The van der Waals surface area contributed by atoms with Crippen LogP contribution in [0.5, 0.6) is 11.5 Å². The molecule has 2 aromatic carbocycles. The molecule has 1 saturated carbocycles. The third kappa shape index (κ3) is 5.95.